The Hall–Kier alpha value is -1.96. The average Bonchev–Trinajstić information content (AvgIpc) is 2.26. The fourth-order valence-corrected chi connectivity index (χ4v) is 2.28. The van der Waals surface area contributed by atoms with E-state index in [1.807, 2.05) is 37.7 Å². The molecule has 2 N–H and O–H groups in total. The van der Waals surface area contributed by atoms with Gasteiger partial charge in [0.2, 0.25) is 11.8 Å². The van der Waals surface area contributed by atoms with E-state index in [1.165, 1.54) is 0 Å². The molecule has 0 fully saturated rings. The van der Waals surface area contributed by atoms with Crippen molar-refractivity contribution in [2.24, 2.45) is 0 Å². The Bertz CT molecular complexity index is 491. The standard InChI is InChI=1S/C12H22N6O2/c1-6-17(8(2)7-16(4)5)11-10(18(19)20)9(3)14-12(13)15-11/h8H,6-7H2,1-5H3,(H2,13,14,15). The number of hydrogen-bond donors (Lipinski definition) is 1. The number of anilines is 2. The number of nitrogen functional groups attached to an aromatic ring is 1. The molecule has 112 valence electrons. The second-order valence-corrected chi connectivity index (χ2v) is 4.99. The number of nitro groups is 1. The van der Waals surface area contributed by atoms with Crippen LogP contribution in [0.1, 0.15) is 19.5 Å². The fourth-order valence-electron chi connectivity index (χ4n) is 2.28. The van der Waals surface area contributed by atoms with Crippen molar-refractivity contribution < 1.29 is 4.92 Å². The lowest BCUT2D eigenvalue weighted by molar-refractivity contribution is -0.385. The van der Waals surface area contributed by atoms with Gasteiger partial charge in [0, 0.05) is 19.1 Å². The van der Waals surface area contributed by atoms with Crippen LogP contribution in [-0.2, 0) is 0 Å². The van der Waals surface area contributed by atoms with Crippen molar-refractivity contribution in [3.63, 3.8) is 0 Å². The summed E-state index contributed by atoms with van der Waals surface area (Å²) in [5, 5.41) is 11.3. The second kappa shape index (κ2) is 6.47. The first-order chi connectivity index (χ1) is 9.27. The molecule has 1 atom stereocenters. The minimum Gasteiger partial charge on any atom is -0.368 e. The van der Waals surface area contributed by atoms with Crippen LogP contribution in [0.2, 0.25) is 0 Å². The Morgan fingerprint density at radius 3 is 2.45 bits per heavy atom. The summed E-state index contributed by atoms with van der Waals surface area (Å²) in [4.78, 5) is 22.7. The summed E-state index contributed by atoms with van der Waals surface area (Å²) >= 11 is 0. The van der Waals surface area contributed by atoms with Crippen LogP contribution in [0.5, 0.6) is 0 Å². The van der Waals surface area contributed by atoms with Crippen LogP contribution in [0.15, 0.2) is 0 Å². The highest BCUT2D eigenvalue weighted by Gasteiger charge is 2.28. The van der Waals surface area contributed by atoms with Crippen molar-refractivity contribution in [2.45, 2.75) is 26.8 Å². The predicted molar refractivity (Wildman–Crippen MR) is 78.9 cm³/mol. The van der Waals surface area contributed by atoms with E-state index >= 15 is 0 Å². The van der Waals surface area contributed by atoms with Crippen molar-refractivity contribution in [3.8, 4) is 0 Å². The van der Waals surface area contributed by atoms with Gasteiger partial charge in [-0.3, -0.25) is 10.1 Å². The third kappa shape index (κ3) is 3.53. The second-order valence-electron chi connectivity index (χ2n) is 4.99. The number of nitrogens with zero attached hydrogens (tertiary/aromatic N) is 5. The molecule has 1 aromatic rings. The third-order valence-electron chi connectivity index (χ3n) is 3.01. The number of aryl methyl sites for hydroxylation is 1. The molecule has 0 aliphatic heterocycles. The maximum absolute atomic E-state index is 11.3. The SMILES string of the molecule is CCN(c1nc(N)nc(C)c1[N+](=O)[O-])C(C)CN(C)C. The molecule has 1 aromatic heterocycles. The van der Waals surface area contributed by atoms with Gasteiger partial charge in [0.15, 0.2) is 0 Å². The Balaban J connectivity index is 3.30. The smallest absolute Gasteiger partial charge is 0.332 e. The minimum absolute atomic E-state index is 0.0543. The number of likely N-dealkylation sites (N-methyl/N-ethyl adjacent to an activating group) is 2. The quantitative estimate of drug-likeness (QED) is 0.614. The Morgan fingerprint density at radius 1 is 1.40 bits per heavy atom. The number of nitrogens with two attached hydrogens (primary N) is 1. The molecule has 20 heavy (non-hydrogen) atoms. The molecule has 0 aliphatic rings. The molecular formula is C12H22N6O2. The number of hydrogen-bond acceptors (Lipinski definition) is 7. The van der Waals surface area contributed by atoms with E-state index in [0.29, 0.717) is 6.54 Å². The molecule has 0 aliphatic carbocycles. The van der Waals surface area contributed by atoms with Crippen LogP contribution in [0.4, 0.5) is 17.5 Å². The molecule has 0 saturated heterocycles. The van der Waals surface area contributed by atoms with Crippen molar-refractivity contribution in [3.05, 3.63) is 15.8 Å². The zero-order valence-electron chi connectivity index (χ0n) is 12.6. The summed E-state index contributed by atoms with van der Waals surface area (Å²) in [5.74, 6) is 0.343. The molecule has 0 bridgehead atoms. The van der Waals surface area contributed by atoms with Gasteiger partial charge in [-0.15, -0.1) is 0 Å². The van der Waals surface area contributed by atoms with Gasteiger partial charge in [0.1, 0.15) is 5.69 Å². The van der Waals surface area contributed by atoms with Crippen LogP contribution in [0.3, 0.4) is 0 Å². The predicted octanol–water partition coefficient (Wildman–Crippen LogP) is 1.05. The summed E-state index contributed by atoms with van der Waals surface area (Å²) in [7, 11) is 3.91. The number of rotatable bonds is 6. The van der Waals surface area contributed by atoms with Crippen LogP contribution in [0.25, 0.3) is 0 Å². The largest absolute Gasteiger partial charge is 0.368 e. The van der Waals surface area contributed by atoms with Gasteiger partial charge in [-0.25, -0.2) is 4.98 Å². The molecule has 1 heterocycles. The van der Waals surface area contributed by atoms with Crippen molar-refractivity contribution in [2.75, 3.05) is 37.8 Å². The van der Waals surface area contributed by atoms with Crippen LogP contribution in [-0.4, -0.2) is 53.0 Å². The van der Waals surface area contributed by atoms with Gasteiger partial charge in [0.05, 0.1) is 4.92 Å². The highest BCUT2D eigenvalue weighted by Crippen LogP contribution is 2.30. The van der Waals surface area contributed by atoms with Crippen molar-refractivity contribution >= 4 is 17.5 Å². The van der Waals surface area contributed by atoms with Gasteiger partial charge in [-0.2, -0.15) is 4.98 Å². The Labute approximate surface area is 118 Å². The molecule has 8 nitrogen and oxygen atoms in total. The molecule has 1 rings (SSSR count). The first kappa shape index (κ1) is 16.1. The van der Waals surface area contributed by atoms with Gasteiger partial charge in [-0.1, -0.05) is 0 Å². The van der Waals surface area contributed by atoms with E-state index < -0.39 is 4.92 Å². The number of aromatic nitrogens is 2. The normalized spacial score (nSPS) is 12.5. The highest BCUT2D eigenvalue weighted by atomic mass is 16.6. The molecule has 1 unspecified atom stereocenters. The molecule has 0 saturated carbocycles. The van der Waals surface area contributed by atoms with E-state index in [1.54, 1.807) is 6.92 Å². The summed E-state index contributed by atoms with van der Waals surface area (Å²) in [6.07, 6.45) is 0. The van der Waals surface area contributed by atoms with E-state index in [-0.39, 0.29) is 29.2 Å². The van der Waals surface area contributed by atoms with E-state index in [0.717, 1.165) is 6.54 Å². The summed E-state index contributed by atoms with van der Waals surface area (Å²) in [6, 6.07) is 0.0717. The molecule has 0 amide bonds. The molecule has 8 heteroatoms. The molecule has 0 radical (unpaired) electrons. The Kier molecular flexibility index (Phi) is 5.20. The zero-order chi connectivity index (χ0) is 15.4. The third-order valence-corrected chi connectivity index (χ3v) is 3.01. The van der Waals surface area contributed by atoms with E-state index in [2.05, 4.69) is 9.97 Å². The lowest BCUT2D eigenvalue weighted by Gasteiger charge is -2.30. The first-order valence-corrected chi connectivity index (χ1v) is 6.47. The lowest BCUT2D eigenvalue weighted by Crippen LogP contribution is -2.41. The van der Waals surface area contributed by atoms with E-state index in [9.17, 15) is 10.1 Å². The van der Waals surface area contributed by atoms with Crippen LogP contribution >= 0.6 is 0 Å². The van der Waals surface area contributed by atoms with Crippen molar-refractivity contribution in [1.82, 2.24) is 14.9 Å². The van der Waals surface area contributed by atoms with Crippen LogP contribution < -0.4 is 10.6 Å². The van der Waals surface area contributed by atoms with Crippen molar-refractivity contribution in [1.29, 1.82) is 0 Å². The summed E-state index contributed by atoms with van der Waals surface area (Å²) in [5.41, 5.74) is 5.85. The van der Waals surface area contributed by atoms with Gasteiger partial charge < -0.3 is 15.5 Å². The summed E-state index contributed by atoms with van der Waals surface area (Å²) in [6.45, 7) is 6.87. The van der Waals surface area contributed by atoms with Crippen LogP contribution in [0, 0.1) is 17.0 Å². The van der Waals surface area contributed by atoms with Gasteiger partial charge >= 0.3 is 5.69 Å². The highest BCUT2D eigenvalue weighted by molar-refractivity contribution is 5.62. The average molecular weight is 282 g/mol. The first-order valence-electron chi connectivity index (χ1n) is 6.47. The fraction of sp³-hybridized carbons (Fsp3) is 0.667. The maximum atomic E-state index is 11.3. The molecule has 0 spiro atoms. The monoisotopic (exact) mass is 282 g/mol. The van der Waals surface area contributed by atoms with Gasteiger partial charge in [-0.05, 0) is 34.9 Å². The zero-order valence-corrected chi connectivity index (χ0v) is 12.6. The van der Waals surface area contributed by atoms with E-state index in [4.69, 9.17) is 5.73 Å². The summed E-state index contributed by atoms with van der Waals surface area (Å²) < 4.78 is 0. The lowest BCUT2D eigenvalue weighted by atomic mass is 10.2. The minimum atomic E-state index is -0.449. The molecule has 0 aromatic carbocycles. The Morgan fingerprint density at radius 2 is 2.00 bits per heavy atom. The maximum Gasteiger partial charge on any atom is 0.332 e. The van der Waals surface area contributed by atoms with Gasteiger partial charge in [0.25, 0.3) is 0 Å². The topological polar surface area (TPSA) is 101 Å². The molecular weight excluding hydrogens is 260 g/mol.